The van der Waals surface area contributed by atoms with Gasteiger partial charge in [0.1, 0.15) is 0 Å². The molecule has 1 saturated heterocycles. The number of rotatable bonds is 6. The molecule has 208 valence electrons. The number of aryl methyl sites for hydroxylation is 1. The molecular formula is C35H35N3O3. The second-order valence-electron chi connectivity index (χ2n) is 13.1. The van der Waals surface area contributed by atoms with Crippen LogP contribution in [0.4, 0.5) is 0 Å². The molecular weight excluding hydrogens is 510 g/mol. The average Bonchev–Trinajstić information content (AvgIpc) is 3.66. The summed E-state index contributed by atoms with van der Waals surface area (Å²) >= 11 is 0. The molecule has 2 bridgehead atoms. The molecule has 1 aromatic heterocycles. The van der Waals surface area contributed by atoms with Gasteiger partial charge in [-0.1, -0.05) is 42.5 Å². The molecule has 9 rings (SSSR count). The fourth-order valence-electron chi connectivity index (χ4n) is 9.32. The summed E-state index contributed by atoms with van der Waals surface area (Å²) in [4.78, 5) is 2.62. The van der Waals surface area contributed by atoms with Gasteiger partial charge in [0.25, 0.3) is 0 Å². The Bertz CT molecular complexity index is 1800. The maximum atomic E-state index is 13.3. The van der Waals surface area contributed by atoms with Gasteiger partial charge in [-0.15, -0.1) is 0 Å². The van der Waals surface area contributed by atoms with Gasteiger partial charge in [0.15, 0.2) is 17.6 Å². The summed E-state index contributed by atoms with van der Waals surface area (Å²) in [6, 6.07) is 19.8. The molecule has 4 atom stereocenters. The van der Waals surface area contributed by atoms with Crippen molar-refractivity contribution >= 4 is 21.7 Å². The van der Waals surface area contributed by atoms with E-state index in [0.29, 0.717) is 12.8 Å². The highest BCUT2D eigenvalue weighted by Gasteiger charge is 2.73. The Labute approximate surface area is 240 Å². The van der Waals surface area contributed by atoms with E-state index in [-0.39, 0.29) is 12.1 Å². The number of nitrogens with zero attached hydrogens (tertiary/aromatic N) is 3. The first-order valence-corrected chi connectivity index (χ1v) is 15.3. The molecule has 6 heteroatoms. The smallest absolute Gasteiger partial charge is 0.166 e. The van der Waals surface area contributed by atoms with E-state index in [4.69, 9.17) is 9.47 Å². The number of nitriles is 1. The lowest BCUT2D eigenvalue weighted by molar-refractivity contribution is -0.173. The van der Waals surface area contributed by atoms with Gasteiger partial charge in [0.2, 0.25) is 0 Å². The fourth-order valence-corrected chi connectivity index (χ4v) is 9.32. The summed E-state index contributed by atoms with van der Waals surface area (Å²) in [7, 11) is 1.72. The third-order valence-corrected chi connectivity index (χ3v) is 11.2. The van der Waals surface area contributed by atoms with Crippen LogP contribution in [0.15, 0.2) is 48.5 Å². The molecule has 0 radical (unpaired) electrons. The Balaban J connectivity index is 1.35. The average molecular weight is 546 g/mol. The topological polar surface area (TPSA) is 70.6 Å². The van der Waals surface area contributed by atoms with Crippen LogP contribution in [0.1, 0.15) is 60.6 Å². The molecule has 1 saturated carbocycles. The second-order valence-corrected chi connectivity index (χ2v) is 13.1. The highest BCUT2D eigenvalue weighted by Crippen LogP contribution is 2.69. The van der Waals surface area contributed by atoms with Crippen molar-refractivity contribution in [1.82, 2.24) is 9.47 Å². The summed E-state index contributed by atoms with van der Waals surface area (Å²) in [5, 5.41) is 26.4. The van der Waals surface area contributed by atoms with Gasteiger partial charge >= 0.3 is 0 Å². The number of methoxy groups -OCH3 is 1. The normalized spacial score (nSPS) is 29.2. The summed E-state index contributed by atoms with van der Waals surface area (Å²) in [6.07, 6.45) is 5.92. The van der Waals surface area contributed by atoms with E-state index < -0.39 is 11.0 Å². The van der Waals surface area contributed by atoms with Crippen molar-refractivity contribution in [1.29, 1.82) is 5.26 Å². The maximum absolute atomic E-state index is 13.3. The Morgan fingerprint density at radius 3 is 2.83 bits per heavy atom. The zero-order valence-corrected chi connectivity index (χ0v) is 23.5. The number of benzene rings is 3. The van der Waals surface area contributed by atoms with Crippen molar-refractivity contribution in [2.75, 3.05) is 20.2 Å². The minimum Gasteiger partial charge on any atom is -0.493 e. The quantitative estimate of drug-likeness (QED) is 0.310. The van der Waals surface area contributed by atoms with E-state index in [2.05, 4.69) is 64.1 Å². The largest absolute Gasteiger partial charge is 0.493 e. The maximum Gasteiger partial charge on any atom is 0.166 e. The third kappa shape index (κ3) is 2.94. The second kappa shape index (κ2) is 8.27. The minimum absolute atomic E-state index is 0.0559. The molecule has 1 spiro atoms. The standard InChI is InChI=1S/C35H35N3O3/c1-40-27-13-11-23-18-28-35(39)19-26-25-12-10-22-6-2-3-7-24(22)30(25)38(16-5-4-15-36)31(26)33-34(35,29(23)32(27)41-33)14-17-37(28)20-21-8-9-21/h2-3,6-7,10-13,21,28,33,39H,4-5,8-9,14,16-20H2,1H3/t28-,33?,34+,35?/m1/s1. The van der Waals surface area contributed by atoms with Gasteiger partial charge in [-0.25, -0.2) is 0 Å². The zero-order chi connectivity index (χ0) is 27.5. The van der Waals surface area contributed by atoms with Crippen LogP contribution in [0.2, 0.25) is 0 Å². The van der Waals surface area contributed by atoms with Gasteiger partial charge in [-0.2, -0.15) is 5.26 Å². The molecule has 2 fully saturated rings. The lowest BCUT2D eigenvalue weighted by atomic mass is 9.49. The predicted molar refractivity (Wildman–Crippen MR) is 157 cm³/mol. The van der Waals surface area contributed by atoms with Crippen molar-refractivity contribution < 1.29 is 14.6 Å². The van der Waals surface area contributed by atoms with Crippen LogP contribution >= 0.6 is 0 Å². The summed E-state index contributed by atoms with van der Waals surface area (Å²) in [6.45, 7) is 2.81. The number of hydrogen-bond acceptors (Lipinski definition) is 5. The highest BCUT2D eigenvalue weighted by atomic mass is 16.5. The van der Waals surface area contributed by atoms with Crippen LogP contribution in [0.5, 0.6) is 11.5 Å². The number of aromatic nitrogens is 1. The number of hydrogen-bond donors (Lipinski definition) is 1. The zero-order valence-electron chi connectivity index (χ0n) is 23.5. The molecule has 6 nitrogen and oxygen atoms in total. The van der Waals surface area contributed by atoms with Crippen LogP contribution in [0.3, 0.4) is 0 Å². The van der Waals surface area contributed by atoms with Crippen molar-refractivity contribution in [3.8, 4) is 17.6 Å². The Hall–Kier alpha value is -3.53. The molecule has 3 aromatic carbocycles. The van der Waals surface area contributed by atoms with E-state index in [9.17, 15) is 10.4 Å². The molecule has 1 N–H and O–H groups in total. The van der Waals surface area contributed by atoms with Crippen LogP contribution in [0.25, 0.3) is 21.7 Å². The highest BCUT2D eigenvalue weighted by molar-refractivity contribution is 6.08. The van der Waals surface area contributed by atoms with Gasteiger partial charge in [0, 0.05) is 48.3 Å². The molecule has 3 aliphatic carbocycles. The van der Waals surface area contributed by atoms with E-state index >= 15 is 0 Å². The summed E-state index contributed by atoms with van der Waals surface area (Å²) in [5.41, 5.74) is 4.65. The van der Waals surface area contributed by atoms with Crippen LogP contribution < -0.4 is 9.47 Å². The van der Waals surface area contributed by atoms with Gasteiger partial charge in [0.05, 0.1) is 35.4 Å². The first-order valence-electron chi connectivity index (χ1n) is 15.3. The molecule has 0 amide bonds. The van der Waals surface area contributed by atoms with E-state index in [1.165, 1.54) is 56.9 Å². The Morgan fingerprint density at radius 1 is 1.12 bits per heavy atom. The van der Waals surface area contributed by atoms with Gasteiger partial charge < -0.3 is 19.1 Å². The van der Waals surface area contributed by atoms with E-state index in [1.807, 2.05) is 0 Å². The van der Waals surface area contributed by atoms with Crippen molar-refractivity contribution in [2.45, 2.75) is 74.7 Å². The molecule has 2 aliphatic heterocycles. The van der Waals surface area contributed by atoms with Crippen LogP contribution in [-0.4, -0.2) is 46.4 Å². The summed E-state index contributed by atoms with van der Waals surface area (Å²) in [5.74, 6) is 2.35. The molecule has 5 aliphatic rings. The van der Waals surface area contributed by atoms with E-state index in [0.717, 1.165) is 56.3 Å². The van der Waals surface area contributed by atoms with Crippen molar-refractivity contribution in [2.24, 2.45) is 5.92 Å². The number of unbranched alkanes of at least 4 members (excludes halogenated alkanes) is 1. The lowest BCUT2D eigenvalue weighted by Crippen LogP contribution is -2.74. The Kier molecular flexibility index (Phi) is 4.86. The van der Waals surface area contributed by atoms with Crippen LogP contribution in [-0.2, 0) is 24.8 Å². The molecule has 41 heavy (non-hydrogen) atoms. The first kappa shape index (κ1) is 24.1. The molecule has 2 unspecified atom stereocenters. The lowest BCUT2D eigenvalue weighted by Gasteiger charge is -2.63. The van der Waals surface area contributed by atoms with Gasteiger partial charge in [-0.3, -0.25) is 4.90 Å². The third-order valence-electron chi connectivity index (χ3n) is 11.2. The number of likely N-dealkylation sites (tertiary alicyclic amines) is 1. The molecule has 4 aromatic rings. The SMILES string of the molecule is COc1ccc2c3c1OC1c4c(c5ccc6ccccc6c5n4CCCC#N)CC4(O)[C@@H](C2)N(CC2CC2)CC[C@]314. The van der Waals surface area contributed by atoms with Crippen LogP contribution in [0, 0.1) is 17.2 Å². The number of aliphatic hydroxyl groups is 1. The predicted octanol–water partition coefficient (Wildman–Crippen LogP) is 5.81. The van der Waals surface area contributed by atoms with Crippen molar-refractivity contribution in [3.63, 3.8) is 0 Å². The van der Waals surface area contributed by atoms with Crippen molar-refractivity contribution in [3.05, 3.63) is 70.9 Å². The number of fused-ring (bicyclic) bond motifs is 6. The van der Waals surface area contributed by atoms with Gasteiger partial charge in [-0.05, 0) is 67.1 Å². The van der Waals surface area contributed by atoms with E-state index in [1.54, 1.807) is 7.11 Å². The summed E-state index contributed by atoms with van der Waals surface area (Å²) < 4.78 is 15.5. The Morgan fingerprint density at radius 2 is 2.00 bits per heavy atom. The fraction of sp³-hybridized carbons (Fsp3) is 0.457. The number of ether oxygens (including phenoxy) is 2. The number of piperidine rings is 1. The minimum atomic E-state index is -0.945. The monoisotopic (exact) mass is 545 g/mol. The first-order chi connectivity index (χ1) is 20.1. The molecule has 3 heterocycles.